The molecule has 0 aliphatic heterocycles. The monoisotopic (exact) mass is 451 g/mol. The lowest BCUT2D eigenvalue weighted by atomic mass is 10.0. The number of hydrogen-bond acceptors (Lipinski definition) is 4. The molecule has 33 heavy (non-hydrogen) atoms. The van der Waals surface area contributed by atoms with Crippen molar-refractivity contribution < 1.29 is 27.8 Å². The Kier molecular flexibility index (Phi) is 8.25. The highest BCUT2D eigenvalue weighted by atomic mass is 19.3. The third-order valence-electron chi connectivity index (χ3n) is 4.83. The van der Waals surface area contributed by atoms with Crippen molar-refractivity contribution in [3.8, 4) is 23.8 Å². The number of hydrogen-bond donors (Lipinski definition) is 1. The molecule has 1 amide bonds. The van der Waals surface area contributed by atoms with Crippen LogP contribution in [0.25, 0.3) is 16.3 Å². The van der Waals surface area contributed by atoms with Crippen LogP contribution in [0.2, 0.25) is 0 Å². The lowest BCUT2D eigenvalue weighted by Gasteiger charge is -2.12. The maximum Gasteiger partial charge on any atom is 0.386 e. The minimum atomic E-state index is -3.03. The Morgan fingerprint density at radius 2 is 1.88 bits per heavy atom. The van der Waals surface area contributed by atoms with Gasteiger partial charge in [-0.25, -0.2) is 0 Å². The first-order valence-corrected chi connectivity index (χ1v) is 10.2. The number of nitrogens with one attached hydrogen (secondary N) is 1. The smallest absolute Gasteiger partial charge is 0.386 e. The molecule has 170 valence electrons. The largest absolute Gasteiger partial charge is 0.493 e. The fraction of sp³-hybridized carbons (Fsp3) is 0.192. The van der Waals surface area contributed by atoms with Gasteiger partial charge in [-0.3, -0.25) is 4.79 Å². The zero-order valence-electron chi connectivity index (χ0n) is 18.0. The molecule has 0 bridgehead atoms. The summed E-state index contributed by atoms with van der Waals surface area (Å²) >= 11 is 0. The van der Waals surface area contributed by atoms with Gasteiger partial charge in [-0.15, -0.1) is 6.42 Å². The van der Waals surface area contributed by atoms with E-state index in [9.17, 15) is 13.6 Å². The molecule has 0 aliphatic carbocycles. The number of fused-ring (bicyclic) bond motifs is 1. The van der Waals surface area contributed by atoms with E-state index in [1.165, 1.54) is 7.11 Å². The van der Waals surface area contributed by atoms with Gasteiger partial charge in [0.1, 0.15) is 12.9 Å². The van der Waals surface area contributed by atoms with Crippen LogP contribution in [0.1, 0.15) is 11.1 Å². The normalized spacial score (nSPS) is 11.2. The Morgan fingerprint density at radius 3 is 2.61 bits per heavy atom. The first-order valence-electron chi connectivity index (χ1n) is 10.2. The van der Waals surface area contributed by atoms with Crippen LogP contribution in [0.3, 0.4) is 0 Å². The van der Waals surface area contributed by atoms with E-state index in [-0.39, 0.29) is 18.7 Å². The van der Waals surface area contributed by atoms with Gasteiger partial charge in [-0.05, 0) is 46.5 Å². The van der Waals surface area contributed by atoms with Crippen molar-refractivity contribution in [1.29, 1.82) is 0 Å². The van der Waals surface area contributed by atoms with E-state index in [4.69, 9.17) is 15.9 Å². The molecule has 0 heterocycles. The summed E-state index contributed by atoms with van der Waals surface area (Å²) in [6.45, 7) is -2.64. The highest BCUT2D eigenvalue weighted by Crippen LogP contribution is 2.28. The average molecular weight is 451 g/mol. The van der Waals surface area contributed by atoms with Crippen LogP contribution in [-0.2, 0) is 16.0 Å². The van der Waals surface area contributed by atoms with Crippen LogP contribution in [0.5, 0.6) is 11.5 Å². The van der Waals surface area contributed by atoms with Crippen LogP contribution >= 0.6 is 0 Å². The van der Waals surface area contributed by atoms with Gasteiger partial charge in [0, 0.05) is 6.54 Å². The molecule has 5 nitrogen and oxygen atoms in total. The summed E-state index contributed by atoms with van der Waals surface area (Å²) in [5.74, 6) is 2.92. The maximum absolute atomic E-state index is 12.8. The molecule has 3 aromatic carbocycles. The van der Waals surface area contributed by atoms with E-state index in [1.54, 1.807) is 24.3 Å². The van der Waals surface area contributed by atoms with Gasteiger partial charge < -0.3 is 19.5 Å². The van der Waals surface area contributed by atoms with E-state index in [2.05, 4.69) is 16.0 Å². The van der Waals surface area contributed by atoms with Crippen molar-refractivity contribution in [3.05, 3.63) is 78.1 Å². The number of benzene rings is 3. The molecule has 3 rings (SSSR count). The Balaban J connectivity index is 1.71. The number of alkyl halides is 2. The summed E-state index contributed by atoms with van der Waals surface area (Å²) in [5.41, 5.74) is 1.38. The van der Waals surface area contributed by atoms with Crippen LogP contribution in [0.4, 0.5) is 8.78 Å². The summed E-state index contributed by atoms with van der Waals surface area (Å²) in [7, 11) is 1.52. The van der Waals surface area contributed by atoms with Gasteiger partial charge in [0.15, 0.2) is 11.5 Å². The Hall–Kier alpha value is -4.05. The number of amides is 1. The molecular weight excluding hydrogens is 428 g/mol. The summed E-state index contributed by atoms with van der Waals surface area (Å²) in [6, 6.07) is 18.2. The minimum absolute atomic E-state index is 0.0108. The quantitative estimate of drug-likeness (QED) is 0.273. The molecule has 0 saturated heterocycles. The minimum Gasteiger partial charge on any atom is -0.493 e. The molecule has 1 N–H and O–H groups in total. The number of carbonyl (C=O) groups excluding carboxylic acids is 1. The maximum atomic E-state index is 12.8. The topological polar surface area (TPSA) is 56.8 Å². The number of halogens is 2. The number of carbonyl (C=O) groups is 1. The van der Waals surface area contributed by atoms with Crippen LogP contribution < -0.4 is 14.8 Å². The molecule has 0 radical (unpaired) electrons. The molecular formula is C26H23F2NO4. The molecule has 0 unspecified atom stereocenters. The zero-order chi connectivity index (χ0) is 23.6. The first-order chi connectivity index (χ1) is 16.0. The van der Waals surface area contributed by atoms with E-state index in [1.807, 2.05) is 36.4 Å². The molecule has 0 aromatic heterocycles. The second kappa shape index (κ2) is 11.5. The van der Waals surface area contributed by atoms with Crippen molar-refractivity contribution >= 4 is 22.3 Å². The molecule has 0 fully saturated rings. The second-order valence-corrected chi connectivity index (χ2v) is 6.97. The van der Waals surface area contributed by atoms with Crippen LogP contribution in [0.15, 0.2) is 66.9 Å². The van der Waals surface area contributed by atoms with Gasteiger partial charge in [-0.1, -0.05) is 48.4 Å². The van der Waals surface area contributed by atoms with E-state index >= 15 is 0 Å². The summed E-state index contributed by atoms with van der Waals surface area (Å²) in [4.78, 5) is 12.8. The Labute approximate surface area is 191 Å². The van der Waals surface area contributed by atoms with Gasteiger partial charge in [-0.2, -0.15) is 8.78 Å². The van der Waals surface area contributed by atoms with Gasteiger partial charge in [0.25, 0.3) is 5.91 Å². The number of terminal acetylenes is 1. The van der Waals surface area contributed by atoms with Crippen molar-refractivity contribution in [2.75, 3.05) is 20.3 Å². The van der Waals surface area contributed by atoms with Gasteiger partial charge in [0.2, 0.25) is 0 Å². The summed E-state index contributed by atoms with van der Waals surface area (Å²) in [5, 5.41) is 4.61. The predicted octanol–water partition coefficient (Wildman–Crippen LogP) is 4.80. The van der Waals surface area contributed by atoms with Crippen molar-refractivity contribution in [2.45, 2.75) is 13.0 Å². The average Bonchev–Trinajstić information content (AvgIpc) is 2.83. The van der Waals surface area contributed by atoms with Crippen LogP contribution in [-0.4, -0.2) is 32.8 Å². The predicted molar refractivity (Wildman–Crippen MR) is 123 cm³/mol. The molecule has 7 heteroatoms. The standard InChI is InChI=1S/C26H23F2NO4/c1-3-14-32-23-11-8-18(15-24(23)31-2)12-13-29-25(30)22(17-33-26(27)28)21-10-9-19-6-4-5-7-20(19)16-21/h1,4-11,15-17,26H,12-14H2,2H3,(H,29,30)/b22-17+. The number of ether oxygens (including phenoxy) is 3. The van der Waals surface area contributed by atoms with Crippen molar-refractivity contribution in [2.24, 2.45) is 0 Å². The Bertz CT molecular complexity index is 1180. The van der Waals surface area contributed by atoms with E-state index in [0.29, 0.717) is 23.5 Å². The SMILES string of the molecule is C#CCOc1ccc(CCNC(=O)/C(=C/OC(F)F)c2ccc3ccccc3c2)cc1OC. The highest BCUT2D eigenvalue weighted by molar-refractivity contribution is 6.19. The third kappa shape index (κ3) is 6.47. The molecule has 0 aliphatic rings. The highest BCUT2D eigenvalue weighted by Gasteiger charge is 2.15. The van der Waals surface area contributed by atoms with Crippen molar-refractivity contribution in [1.82, 2.24) is 5.32 Å². The first kappa shape index (κ1) is 23.6. The third-order valence-corrected chi connectivity index (χ3v) is 4.83. The van der Waals surface area contributed by atoms with E-state index in [0.717, 1.165) is 22.6 Å². The lowest BCUT2D eigenvalue weighted by molar-refractivity contribution is -0.116. The molecule has 3 aromatic rings. The number of methoxy groups -OCH3 is 1. The van der Waals surface area contributed by atoms with Crippen LogP contribution in [0, 0.1) is 12.3 Å². The molecule has 0 atom stereocenters. The Morgan fingerprint density at radius 1 is 1.09 bits per heavy atom. The zero-order valence-corrected chi connectivity index (χ0v) is 18.0. The number of rotatable bonds is 10. The van der Waals surface area contributed by atoms with Crippen molar-refractivity contribution in [3.63, 3.8) is 0 Å². The summed E-state index contributed by atoms with van der Waals surface area (Å²) < 4.78 is 40.4. The second-order valence-electron chi connectivity index (χ2n) is 6.97. The fourth-order valence-corrected chi connectivity index (χ4v) is 3.25. The van der Waals surface area contributed by atoms with Gasteiger partial charge >= 0.3 is 6.61 Å². The fourth-order valence-electron chi connectivity index (χ4n) is 3.25. The molecule has 0 spiro atoms. The van der Waals surface area contributed by atoms with E-state index < -0.39 is 12.5 Å². The lowest BCUT2D eigenvalue weighted by Crippen LogP contribution is -2.27. The van der Waals surface area contributed by atoms with Gasteiger partial charge in [0.05, 0.1) is 12.7 Å². The molecule has 0 saturated carbocycles. The summed E-state index contributed by atoms with van der Waals surface area (Å²) in [6.07, 6.45) is 6.49.